The van der Waals surface area contributed by atoms with E-state index >= 15 is 0 Å². The van der Waals surface area contributed by atoms with E-state index in [9.17, 15) is 0 Å². The van der Waals surface area contributed by atoms with Crippen molar-refractivity contribution < 1.29 is 4.52 Å². The van der Waals surface area contributed by atoms with Gasteiger partial charge in [0.25, 0.3) is 0 Å². The van der Waals surface area contributed by atoms with Crippen molar-refractivity contribution >= 4 is 11.8 Å². The molecular formula is C10H15N3OS. The van der Waals surface area contributed by atoms with Crippen molar-refractivity contribution in [1.29, 1.82) is 5.26 Å². The van der Waals surface area contributed by atoms with Crippen LogP contribution >= 0.6 is 11.8 Å². The number of hydrogen-bond donors (Lipinski definition) is 0. The topological polar surface area (TPSA) is 62.7 Å². The highest BCUT2D eigenvalue weighted by Crippen LogP contribution is 2.19. The van der Waals surface area contributed by atoms with Gasteiger partial charge in [-0.3, -0.25) is 0 Å². The molecule has 0 spiro atoms. The second kappa shape index (κ2) is 5.17. The average molecular weight is 225 g/mol. The molecule has 1 rings (SSSR count). The molecule has 0 saturated carbocycles. The quantitative estimate of drug-likeness (QED) is 0.736. The molecule has 0 aromatic carbocycles. The summed E-state index contributed by atoms with van der Waals surface area (Å²) >= 11 is 1.48. The molecule has 0 saturated heterocycles. The van der Waals surface area contributed by atoms with Crippen molar-refractivity contribution in [2.75, 3.05) is 5.75 Å². The van der Waals surface area contributed by atoms with Crippen molar-refractivity contribution in [2.24, 2.45) is 5.41 Å². The van der Waals surface area contributed by atoms with Crippen molar-refractivity contribution in [2.45, 2.75) is 32.9 Å². The first-order valence-electron chi connectivity index (χ1n) is 4.77. The van der Waals surface area contributed by atoms with E-state index in [-0.39, 0.29) is 5.41 Å². The minimum Gasteiger partial charge on any atom is -0.338 e. The predicted octanol–water partition coefficient (Wildman–Crippen LogP) is 2.41. The Bertz CT molecular complexity index is 348. The van der Waals surface area contributed by atoms with Crippen LogP contribution in [-0.2, 0) is 12.2 Å². The molecule has 4 nitrogen and oxygen atoms in total. The number of thioether (sulfide) groups is 1. The van der Waals surface area contributed by atoms with E-state index in [4.69, 9.17) is 9.78 Å². The van der Waals surface area contributed by atoms with Gasteiger partial charge >= 0.3 is 0 Å². The van der Waals surface area contributed by atoms with Crippen molar-refractivity contribution in [1.82, 2.24) is 10.1 Å². The molecule has 82 valence electrons. The lowest BCUT2D eigenvalue weighted by Crippen LogP contribution is -2.10. The Balaban J connectivity index is 2.46. The molecular weight excluding hydrogens is 210 g/mol. The van der Waals surface area contributed by atoms with E-state index in [1.165, 1.54) is 11.8 Å². The van der Waals surface area contributed by atoms with E-state index in [0.29, 0.717) is 17.4 Å². The number of nitrogens with zero attached hydrogens (tertiary/aromatic N) is 3. The lowest BCUT2D eigenvalue weighted by atomic mass is 9.92. The Hall–Kier alpha value is -1.02. The normalized spacial score (nSPS) is 11.3. The summed E-state index contributed by atoms with van der Waals surface area (Å²) in [5.74, 6) is 2.42. The smallest absolute Gasteiger partial charge is 0.236 e. The number of nitriles is 1. The highest BCUT2D eigenvalue weighted by molar-refractivity contribution is 7.98. The minimum atomic E-state index is 0.168. The molecule has 1 aromatic heterocycles. The van der Waals surface area contributed by atoms with Gasteiger partial charge in [-0.25, -0.2) is 0 Å². The van der Waals surface area contributed by atoms with Gasteiger partial charge in [-0.2, -0.15) is 10.2 Å². The molecule has 0 fully saturated rings. The summed E-state index contributed by atoms with van der Waals surface area (Å²) in [5, 5.41) is 12.3. The van der Waals surface area contributed by atoms with Crippen LogP contribution in [0.1, 0.15) is 32.5 Å². The van der Waals surface area contributed by atoms with Gasteiger partial charge in [-0.05, 0) is 5.41 Å². The molecule has 1 heterocycles. The fourth-order valence-electron chi connectivity index (χ4n) is 1.08. The Morgan fingerprint density at radius 2 is 2.20 bits per heavy atom. The summed E-state index contributed by atoms with van der Waals surface area (Å²) in [7, 11) is 0. The van der Waals surface area contributed by atoms with Crippen LogP contribution in [-0.4, -0.2) is 15.9 Å². The Kier molecular flexibility index (Phi) is 4.15. The van der Waals surface area contributed by atoms with Gasteiger partial charge in [-0.1, -0.05) is 25.9 Å². The van der Waals surface area contributed by atoms with Gasteiger partial charge in [0.05, 0.1) is 17.6 Å². The monoisotopic (exact) mass is 225 g/mol. The summed E-state index contributed by atoms with van der Waals surface area (Å²) < 4.78 is 5.07. The van der Waals surface area contributed by atoms with Crippen LogP contribution in [0.3, 0.4) is 0 Å². The summed E-state index contributed by atoms with van der Waals surface area (Å²) in [5.41, 5.74) is 0.168. The van der Waals surface area contributed by atoms with Crippen molar-refractivity contribution in [3.8, 4) is 6.07 Å². The van der Waals surface area contributed by atoms with Crippen LogP contribution in [0.25, 0.3) is 0 Å². The summed E-state index contributed by atoms with van der Waals surface area (Å²) in [4.78, 5) is 4.26. The maximum atomic E-state index is 8.36. The molecule has 1 aromatic rings. The highest BCUT2D eigenvalue weighted by atomic mass is 32.2. The lowest BCUT2D eigenvalue weighted by Gasteiger charge is -2.14. The molecule has 0 aliphatic heterocycles. The third-order valence-electron chi connectivity index (χ3n) is 1.59. The molecule has 5 heteroatoms. The predicted molar refractivity (Wildman–Crippen MR) is 59.2 cm³/mol. The van der Waals surface area contributed by atoms with Gasteiger partial charge in [0.2, 0.25) is 5.89 Å². The summed E-state index contributed by atoms with van der Waals surface area (Å²) in [6.07, 6.45) is 0.805. The molecule has 0 aliphatic carbocycles. The fourth-order valence-corrected chi connectivity index (χ4v) is 1.56. The summed E-state index contributed by atoms with van der Waals surface area (Å²) in [6.45, 7) is 6.40. The first-order valence-corrected chi connectivity index (χ1v) is 5.93. The summed E-state index contributed by atoms with van der Waals surface area (Å²) in [6, 6.07) is 2.06. The number of aromatic nitrogens is 2. The maximum absolute atomic E-state index is 8.36. The molecule has 15 heavy (non-hydrogen) atoms. The van der Waals surface area contributed by atoms with Crippen LogP contribution in [0.2, 0.25) is 0 Å². The van der Waals surface area contributed by atoms with E-state index < -0.39 is 0 Å². The van der Waals surface area contributed by atoms with Crippen LogP contribution in [0.4, 0.5) is 0 Å². The number of hydrogen-bond acceptors (Lipinski definition) is 5. The third kappa shape index (κ3) is 4.84. The largest absolute Gasteiger partial charge is 0.338 e. The van der Waals surface area contributed by atoms with Crippen molar-refractivity contribution in [3.63, 3.8) is 0 Å². The van der Waals surface area contributed by atoms with E-state index in [0.717, 1.165) is 12.2 Å². The standard InChI is InChI=1S/C10H15N3OS/c1-10(2,3)6-8-12-9(14-13-8)7-15-5-4-11/h5-7H2,1-3H3. The first-order chi connectivity index (χ1) is 7.01. The van der Waals surface area contributed by atoms with Gasteiger partial charge < -0.3 is 4.52 Å². The van der Waals surface area contributed by atoms with E-state index in [1.807, 2.05) is 0 Å². The van der Waals surface area contributed by atoms with Crippen LogP contribution in [0.15, 0.2) is 4.52 Å². The molecule has 0 bridgehead atoms. The van der Waals surface area contributed by atoms with E-state index in [1.54, 1.807) is 0 Å². The maximum Gasteiger partial charge on any atom is 0.236 e. The second-order valence-corrected chi connectivity index (χ2v) is 5.48. The lowest BCUT2D eigenvalue weighted by molar-refractivity contribution is 0.360. The number of rotatable bonds is 4. The van der Waals surface area contributed by atoms with Crippen LogP contribution < -0.4 is 0 Å². The molecule has 0 N–H and O–H groups in total. The Labute approximate surface area is 94.1 Å². The zero-order chi connectivity index (χ0) is 11.3. The second-order valence-electron chi connectivity index (χ2n) is 4.49. The van der Waals surface area contributed by atoms with Gasteiger partial charge in [0, 0.05) is 6.42 Å². The van der Waals surface area contributed by atoms with Crippen LogP contribution in [0.5, 0.6) is 0 Å². The fraction of sp³-hybridized carbons (Fsp3) is 0.700. The molecule has 0 amide bonds. The Morgan fingerprint density at radius 3 is 2.80 bits per heavy atom. The SMILES string of the molecule is CC(C)(C)Cc1noc(CSCC#N)n1. The van der Waals surface area contributed by atoms with Crippen LogP contribution in [0, 0.1) is 16.7 Å². The molecule has 0 radical (unpaired) electrons. The molecule has 0 aliphatic rings. The average Bonchev–Trinajstić information content (AvgIpc) is 2.50. The minimum absolute atomic E-state index is 0.168. The molecule has 0 atom stereocenters. The van der Waals surface area contributed by atoms with Gasteiger partial charge in [0.1, 0.15) is 0 Å². The first kappa shape index (κ1) is 12.1. The Morgan fingerprint density at radius 1 is 1.47 bits per heavy atom. The van der Waals surface area contributed by atoms with Gasteiger partial charge in [-0.15, -0.1) is 11.8 Å². The third-order valence-corrected chi connectivity index (χ3v) is 2.38. The van der Waals surface area contributed by atoms with E-state index in [2.05, 4.69) is 37.0 Å². The molecule has 0 unspecified atom stereocenters. The van der Waals surface area contributed by atoms with Crippen molar-refractivity contribution in [3.05, 3.63) is 11.7 Å². The zero-order valence-corrected chi connectivity index (χ0v) is 10.1. The highest BCUT2D eigenvalue weighted by Gasteiger charge is 2.15. The van der Waals surface area contributed by atoms with Gasteiger partial charge in [0.15, 0.2) is 5.82 Å². The zero-order valence-electron chi connectivity index (χ0n) is 9.28.